The van der Waals surface area contributed by atoms with Crippen molar-refractivity contribution in [2.75, 3.05) is 0 Å². The summed E-state index contributed by atoms with van der Waals surface area (Å²) in [7, 11) is 0. The molecule has 0 aromatic heterocycles. The normalized spacial score (nSPS) is 34.9. The molecule has 104 valence electrons. The first-order valence-corrected chi connectivity index (χ1v) is 7.68. The van der Waals surface area contributed by atoms with Crippen LogP contribution in [0, 0.1) is 17.3 Å². The lowest BCUT2D eigenvalue weighted by molar-refractivity contribution is 0.0853. The van der Waals surface area contributed by atoms with E-state index in [1.54, 1.807) is 0 Å². The number of hydrogen-bond donors (Lipinski definition) is 0. The van der Waals surface area contributed by atoms with Gasteiger partial charge in [-0.05, 0) is 43.9 Å². The maximum Gasteiger partial charge on any atom is 0.148 e. The Kier molecular flexibility index (Phi) is 4.25. The van der Waals surface area contributed by atoms with Gasteiger partial charge in [0.15, 0.2) is 0 Å². The smallest absolute Gasteiger partial charge is 0.148 e. The van der Waals surface area contributed by atoms with Crippen LogP contribution >= 0.6 is 11.6 Å². The van der Waals surface area contributed by atoms with Crippen LogP contribution in [0.4, 0.5) is 0 Å². The number of rotatable bonds is 2. The largest absolute Gasteiger partial charge is 0.391 e. The van der Waals surface area contributed by atoms with Crippen molar-refractivity contribution >= 4 is 17.3 Å². The second-order valence-electron chi connectivity index (χ2n) is 7.02. The van der Waals surface area contributed by atoms with E-state index in [4.69, 9.17) is 16.4 Å². The van der Waals surface area contributed by atoms with Crippen LogP contribution in [0.15, 0.2) is 5.16 Å². The molecule has 0 aromatic rings. The maximum atomic E-state index is 6.07. The fourth-order valence-electron chi connectivity index (χ4n) is 3.20. The summed E-state index contributed by atoms with van der Waals surface area (Å²) in [5.41, 5.74) is 1.71. The standard InChI is InChI=1S/C15H26ClNO/c1-10(16)14-9-13(17-18-14)11-5-7-12(8-6-11)15(2,3)4/h10-12,14H,5-9H2,1-4H3. The van der Waals surface area contributed by atoms with Crippen molar-refractivity contribution in [2.45, 2.75) is 71.3 Å². The van der Waals surface area contributed by atoms with Gasteiger partial charge in [-0.2, -0.15) is 0 Å². The fraction of sp³-hybridized carbons (Fsp3) is 0.933. The molecule has 2 unspecified atom stereocenters. The van der Waals surface area contributed by atoms with Crippen LogP contribution in [0.3, 0.4) is 0 Å². The minimum atomic E-state index is 0.0529. The molecule has 18 heavy (non-hydrogen) atoms. The molecule has 1 fully saturated rings. The molecule has 2 atom stereocenters. The summed E-state index contributed by atoms with van der Waals surface area (Å²) in [4.78, 5) is 5.43. The molecule has 1 aliphatic heterocycles. The molecule has 0 aromatic carbocycles. The van der Waals surface area contributed by atoms with Gasteiger partial charge < -0.3 is 4.84 Å². The fourth-order valence-corrected chi connectivity index (χ4v) is 3.33. The Morgan fingerprint density at radius 1 is 1.22 bits per heavy atom. The predicted octanol–water partition coefficient (Wildman–Crippen LogP) is 4.61. The molecule has 0 amide bonds. The van der Waals surface area contributed by atoms with Crippen LogP contribution in [0.25, 0.3) is 0 Å². The third-order valence-corrected chi connectivity index (χ3v) is 4.93. The van der Waals surface area contributed by atoms with Crippen LogP contribution in [-0.4, -0.2) is 17.2 Å². The van der Waals surface area contributed by atoms with E-state index in [0.717, 1.165) is 12.3 Å². The van der Waals surface area contributed by atoms with E-state index in [1.807, 2.05) is 6.92 Å². The SMILES string of the molecule is CC(Cl)C1CC(C2CCC(C(C)(C)C)CC2)=NO1. The van der Waals surface area contributed by atoms with Crippen LogP contribution in [0.2, 0.25) is 0 Å². The molecule has 0 bridgehead atoms. The Morgan fingerprint density at radius 3 is 2.28 bits per heavy atom. The number of alkyl halides is 1. The third-order valence-electron chi connectivity index (χ3n) is 4.65. The zero-order chi connectivity index (χ0) is 13.3. The average molecular weight is 272 g/mol. The van der Waals surface area contributed by atoms with Crippen LogP contribution in [0.1, 0.15) is 59.8 Å². The van der Waals surface area contributed by atoms with E-state index < -0.39 is 0 Å². The molecule has 0 radical (unpaired) electrons. The molecule has 0 spiro atoms. The first-order chi connectivity index (χ1) is 8.38. The molecule has 2 rings (SSSR count). The Balaban J connectivity index is 1.84. The molecule has 2 nitrogen and oxygen atoms in total. The van der Waals surface area contributed by atoms with Crippen molar-refractivity contribution in [3.05, 3.63) is 0 Å². The van der Waals surface area contributed by atoms with Crippen molar-refractivity contribution in [2.24, 2.45) is 22.4 Å². The highest BCUT2D eigenvalue weighted by Gasteiger charge is 2.35. The average Bonchev–Trinajstić information content (AvgIpc) is 2.77. The molecule has 0 N–H and O–H groups in total. The van der Waals surface area contributed by atoms with Gasteiger partial charge in [-0.3, -0.25) is 0 Å². The van der Waals surface area contributed by atoms with Gasteiger partial charge in [0.25, 0.3) is 0 Å². The highest BCUT2D eigenvalue weighted by atomic mass is 35.5. The van der Waals surface area contributed by atoms with E-state index in [1.165, 1.54) is 31.4 Å². The molecule has 0 saturated heterocycles. The highest BCUT2D eigenvalue weighted by molar-refractivity contribution is 6.21. The quantitative estimate of drug-likeness (QED) is 0.672. The molecule has 3 heteroatoms. The van der Waals surface area contributed by atoms with Gasteiger partial charge in [-0.15, -0.1) is 11.6 Å². The maximum absolute atomic E-state index is 6.07. The van der Waals surface area contributed by atoms with E-state index >= 15 is 0 Å². The summed E-state index contributed by atoms with van der Waals surface area (Å²) in [6.07, 6.45) is 6.24. The van der Waals surface area contributed by atoms with Crippen LogP contribution in [0.5, 0.6) is 0 Å². The summed E-state index contributed by atoms with van der Waals surface area (Å²) >= 11 is 6.07. The Morgan fingerprint density at radius 2 is 1.83 bits per heavy atom. The number of nitrogens with zero attached hydrogens (tertiary/aromatic N) is 1. The highest BCUT2D eigenvalue weighted by Crippen LogP contribution is 2.41. The summed E-state index contributed by atoms with van der Waals surface area (Å²) in [5.74, 6) is 1.50. The minimum Gasteiger partial charge on any atom is -0.391 e. The van der Waals surface area contributed by atoms with Gasteiger partial charge in [0, 0.05) is 12.3 Å². The second kappa shape index (κ2) is 5.40. The monoisotopic (exact) mass is 271 g/mol. The van der Waals surface area contributed by atoms with Crippen molar-refractivity contribution < 1.29 is 4.84 Å². The van der Waals surface area contributed by atoms with Gasteiger partial charge >= 0.3 is 0 Å². The number of oxime groups is 1. The van der Waals surface area contributed by atoms with Gasteiger partial charge in [-0.25, -0.2) is 0 Å². The first-order valence-electron chi connectivity index (χ1n) is 7.24. The third kappa shape index (κ3) is 3.20. The van der Waals surface area contributed by atoms with E-state index in [-0.39, 0.29) is 11.5 Å². The van der Waals surface area contributed by atoms with E-state index in [2.05, 4.69) is 25.9 Å². The van der Waals surface area contributed by atoms with Crippen LogP contribution < -0.4 is 0 Å². The van der Waals surface area contributed by atoms with E-state index in [0.29, 0.717) is 11.3 Å². The van der Waals surface area contributed by atoms with E-state index in [9.17, 15) is 0 Å². The van der Waals surface area contributed by atoms with Crippen molar-refractivity contribution in [3.8, 4) is 0 Å². The molecular weight excluding hydrogens is 246 g/mol. The minimum absolute atomic E-state index is 0.0529. The first kappa shape index (κ1) is 14.2. The molecular formula is C15H26ClNO. The lowest BCUT2D eigenvalue weighted by Gasteiger charge is -2.36. The predicted molar refractivity (Wildman–Crippen MR) is 77.1 cm³/mol. The van der Waals surface area contributed by atoms with Crippen molar-refractivity contribution in [1.82, 2.24) is 0 Å². The zero-order valence-electron chi connectivity index (χ0n) is 12.1. The Hall–Kier alpha value is -0.240. The molecule has 1 heterocycles. The summed E-state index contributed by atoms with van der Waals surface area (Å²) in [6.45, 7) is 9.07. The summed E-state index contributed by atoms with van der Waals surface area (Å²) in [6, 6.07) is 0. The van der Waals surface area contributed by atoms with Gasteiger partial charge in [0.2, 0.25) is 0 Å². The van der Waals surface area contributed by atoms with Gasteiger partial charge in [0.05, 0.1) is 11.1 Å². The second-order valence-corrected chi connectivity index (χ2v) is 7.71. The van der Waals surface area contributed by atoms with Gasteiger partial charge in [0.1, 0.15) is 6.10 Å². The van der Waals surface area contributed by atoms with Gasteiger partial charge in [-0.1, -0.05) is 25.9 Å². The lowest BCUT2D eigenvalue weighted by atomic mass is 9.69. The number of halogens is 1. The van der Waals surface area contributed by atoms with Crippen molar-refractivity contribution in [3.63, 3.8) is 0 Å². The molecule has 1 aliphatic carbocycles. The Labute approximate surface area is 116 Å². The van der Waals surface area contributed by atoms with Crippen LogP contribution in [-0.2, 0) is 4.84 Å². The number of hydrogen-bond acceptors (Lipinski definition) is 2. The molecule has 2 aliphatic rings. The summed E-state index contributed by atoms with van der Waals surface area (Å²) < 4.78 is 0. The lowest BCUT2D eigenvalue weighted by Crippen LogP contribution is -2.29. The molecule has 1 saturated carbocycles. The summed E-state index contributed by atoms with van der Waals surface area (Å²) in [5, 5.41) is 4.33. The Bertz CT molecular complexity index is 311. The van der Waals surface area contributed by atoms with Crippen molar-refractivity contribution in [1.29, 1.82) is 0 Å². The zero-order valence-corrected chi connectivity index (χ0v) is 12.8. The topological polar surface area (TPSA) is 21.6 Å².